The quantitative estimate of drug-likeness (QED) is 0.683. The zero-order chi connectivity index (χ0) is 22.1. The second-order valence-corrected chi connectivity index (χ2v) is 8.65. The van der Waals surface area contributed by atoms with Gasteiger partial charge in [0.1, 0.15) is 5.82 Å². The predicted molar refractivity (Wildman–Crippen MR) is 127 cm³/mol. The Morgan fingerprint density at radius 1 is 1.06 bits per heavy atom. The zero-order valence-corrected chi connectivity index (χ0v) is 18.5. The summed E-state index contributed by atoms with van der Waals surface area (Å²) in [5, 5.41) is 9.45. The number of fused-ring (bicyclic) bond motifs is 1. The highest BCUT2D eigenvalue weighted by molar-refractivity contribution is 6.04. The lowest BCUT2D eigenvalue weighted by Gasteiger charge is -2.34. The van der Waals surface area contributed by atoms with Gasteiger partial charge in [0, 0.05) is 62.8 Å². The first-order valence-corrected chi connectivity index (χ1v) is 11.1. The summed E-state index contributed by atoms with van der Waals surface area (Å²) in [4.78, 5) is 22.1. The minimum Gasteiger partial charge on any atom is -0.369 e. The van der Waals surface area contributed by atoms with E-state index in [1.165, 1.54) is 5.56 Å². The Bertz CT molecular complexity index is 1260. The van der Waals surface area contributed by atoms with Crippen molar-refractivity contribution in [1.29, 1.82) is 0 Å². The number of aromatic nitrogens is 3. The highest BCUT2D eigenvalue weighted by atomic mass is 16.1. The van der Waals surface area contributed by atoms with Gasteiger partial charge >= 0.3 is 0 Å². The van der Waals surface area contributed by atoms with Crippen molar-refractivity contribution in [3.63, 3.8) is 0 Å². The van der Waals surface area contributed by atoms with Crippen LogP contribution < -0.4 is 20.7 Å². The first-order chi connectivity index (χ1) is 15.5. The Kier molecular flexibility index (Phi) is 5.49. The zero-order valence-electron chi connectivity index (χ0n) is 18.5. The Hall–Kier alpha value is -3.45. The fraction of sp³-hybridized carbons (Fsp3) is 0.320. The maximum absolute atomic E-state index is 13.0. The van der Waals surface area contributed by atoms with Gasteiger partial charge in [-0.25, -0.2) is 4.98 Å². The van der Waals surface area contributed by atoms with Gasteiger partial charge in [0.05, 0.1) is 6.20 Å². The van der Waals surface area contributed by atoms with Crippen molar-refractivity contribution in [2.45, 2.75) is 12.3 Å². The molecule has 7 heteroatoms. The molecule has 1 fully saturated rings. The van der Waals surface area contributed by atoms with E-state index in [-0.39, 0.29) is 11.8 Å². The van der Waals surface area contributed by atoms with Crippen LogP contribution in [0.1, 0.15) is 28.3 Å². The molecule has 3 heterocycles. The molecule has 164 valence electrons. The number of benzene rings is 1. The van der Waals surface area contributed by atoms with Gasteiger partial charge in [-0.2, -0.15) is 5.10 Å². The molecule has 0 spiro atoms. The molecule has 0 radical (unpaired) electrons. The molecule has 1 aliphatic carbocycles. The van der Waals surface area contributed by atoms with Gasteiger partial charge in [-0.05, 0) is 53.7 Å². The molecule has 1 aromatic carbocycles. The average molecular weight is 429 g/mol. The van der Waals surface area contributed by atoms with Crippen LogP contribution in [0.4, 0.5) is 11.5 Å². The monoisotopic (exact) mass is 428 g/mol. The molecule has 1 aliphatic heterocycles. The van der Waals surface area contributed by atoms with Crippen LogP contribution in [0.2, 0.25) is 0 Å². The van der Waals surface area contributed by atoms with E-state index in [1.807, 2.05) is 48.4 Å². The largest absolute Gasteiger partial charge is 0.369 e. The van der Waals surface area contributed by atoms with E-state index in [4.69, 9.17) is 0 Å². The van der Waals surface area contributed by atoms with Crippen molar-refractivity contribution in [3.8, 4) is 0 Å². The number of likely N-dealkylation sites (N-methyl/N-ethyl adjacent to an activating group) is 1. The third kappa shape index (κ3) is 4.29. The molecule has 7 nitrogen and oxygen atoms in total. The van der Waals surface area contributed by atoms with Crippen LogP contribution in [0.15, 0.2) is 48.9 Å². The number of aryl methyl sites for hydroxylation is 1. The first kappa shape index (κ1) is 20.5. The highest BCUT2D eigenvalue weighted by Crippen LogP contribution is 2.22. The van der Waals surface area contributed by atoms with Gasteiger partial charge in [-0.3, -0.25) is 9.48 Å². The molecular weight excluding hydrogens is 400 g/mol. The maximum Gasteiger partial charge on any atom is 0.256 e. The number of hydrogen-bond donors (Lipinski definition) is 1. The van der Waals surface area contributed by atoms with E-state index in [1.54, 1.807) is 0 Å². The summed E-state index contributed by atoms with van der Waals surface area (Å²) >= 11 is 0. The average Bonchev–Trinajstić information content (AvgIpc) is 3.25. The molecule has 1 saturated heterocycles. The van der Waals surface area contributed by atoms with Crippen molar-refractivity contribution in [2.75, 3.05) is 43.4 Å². The molecule has 2 aromatic heterocycles. The number of carbonyl (C=O) groups excluding carboxylic acids is 1. The summed E-state index contributed by atoms with van der Waals surface area (Å²) in [5.41, 5.74) is 2.92. The van der Waals surface area contributed by atoms with E-state index in [0.717, 1.165) is 48.7 Å². The molecule has 1 unspecified atom stereocenters. The van der Waals surface area contributed by atoms with Gasteiger partial charge in [0.15, 0.2) is 0 Å². The lowest BCUT2D eigenvalue weighted by Crippen LogP contribution is -2.44. The lowest BCUT2D eigenvalue weighted by atomic mass is 9.93. The molecule has 1 atom stereocenters. The number of nitrogens with one attached hydrogen (secondary N) is 1. The summed E-state index contributed by atoms with van der Waals surface area (Å²) in [5.74, 6) is 0.703. The minimum absolute atomic E-state index is 0.142. The summed E-state index contributed by atoms with van der Waals surface area (Å²) in [6.07, 6.45) is 11.2. The Balaban J connectivity index is 1.34. The number of nitrogens with zero attached hydrogens (tertiary/aromatic N) is 5. The highest BCUT2D eigenvalue weighted by Gasteiger charge is 2.16. The van der Waals surface area contributed by atoms with E-state index in [9.17, 15) is 4.79 Å². The maximum atomic E-state index is 13.0. The molecule has 3 aromatic rings. The molecule has 1 N–H and O–H groups in total. The second kappa shape index (κ2) is 8.59. The van der Waals surface area contributed by atoms with E-state index in [2.05, 4.69) is 56.7 Å². The molecule has 1 amide bonds. The first-order valence-electron chi connectivity index (χ1n) is 11.1. The van der Waals surface area contributed by atoms with Crippen LogP contribution in [-0.2, 0) is 7.05 Å². The van der Waals surface area contributed by atoms with Gasteiger partial charge in [0.25, 0.3) is 5.91 Å². The summed E-state index contributed by atoms with van der Waals surface area (Å²) in [6.45, 7) is 4.00. The van der Waals surface area contributed by atoms with Crippen LogP contribution in [0, 0.1) is 0 Å². The number of rotatable bonds is 4. The van der Waals surface area contributed by atoms with Gasteiger partial charge in [-0.1, -0.05) is 18.2 Å². The summed E-state index contributed by atoms with van der Waals surface area (Å²) in [6, 6.07) is 9.80. The Labute approximate surface area is 187 Å². The van der Waals surface area contributed by atoms with Crippen LogP contribution in [0.3, 0.4) is 0 Å². The van der Waals surface area contributed by atoms with Crippen molar-refractivity contribution < 1.29 is 4.79 Å². The molecule has 5 rings (SSSR count). The van der Waals surface area contributed by atoms with Crippen LogP contribution >= 0.6 is 0 Å². The minimum atomic E-state index is -0.142. The van der Waals surface area contributed by atoms with Crippen molar-refractivity contribution >= 4 is 29.6 Å². The number of hydrogen-bond acceptors (Lipinski definition) is 5. The summed E-state index contributed by atoms with van der Waals surface area (Å²) in [7, 11) is 4.07. The van der Waals surface area contributed by atoms with Gasteiger partial charge in [0.2, 0.25) is 0 Å². The van der Waals surface area contributed by atoms with E-state index in [0.29, 0.717) is 11.4 Å². The van der Waals surface area contributed by atoms with Crippen LogP contribution in [0.25, 0.3) is 12.2 Å². The van der Waals surface area contributed by atoms with Crippen molar-refractivity contribution in [2.24, 2.45) is 7.05 Å². The van der Waals surface area contributed by atoms with Crippen LogP contribution in [0.5, 0.6) is 0 Å². The molecular formula is C25H28N6O. The van der Waals surface area contributed by atoms with E-state index < -0.39 is 0 Å². The number of piperazine rings is 1. The molecule has 0 saturated carbocycles. The lowest BCUT2D eigenvalue weighted by molar-refractivity contribution is 0.102. The summed E-state index contributed by atoms with van der Waals surface area (Å²) < 4.78 is 1.83. The fourth-order valence-corrected chi connectivity index (χ4v) is 4.36. The topological polar surface area (TPSA) is 66.3 Å². The molecule has 32 heavy (non-hydrogen) atoms. The SMILES string of the molecule is CN1CCN(c2cccc(C(=O)Nc3cc4c(cn3)=CCC(c3cnn(C)c3)C=4)c2)CC1. The Morgan fingerprint density at radius 3 is 2.69 bits per heavy atom. The van der Waals surface area contributed by atoms with Crippen molar-refractivity contribution in [3.05, 3.63) is 70.5 Å². The van der Waals surface area contributed by atoms with Gasteiger partial charge < -0.3 is 15.1 Å². The third-order valence-electron chi connectivity index (χ3n) is 6.31. The van der Waals surface area contributed by atoms with E-state index >= 15 is 0 Å². The number of amides is 1. The molecule has 0 bridgehead atoms. The molecule has 2 aliphatic rings. The Morgan fingerprint density at radius 2 is 1.91 bits per heavy atom. The predicted octanol–water partition coefficient (Wildman–Crippen LogP) is 1.57. The fourth-order valence-electron chi connectivity index (χ4n) is 4.36. The van der Waals surface area contributed by atoms with Crippen LogP contribution in [-0.4, -0.2) is 58.8 Å². The number of pyridine rings is 1. The van der Waals surface area contributed by atoms with Crippen molar-refractivity contribution in [1.82, 2.24) is 19.7 Å². The second-order valence-electron chi connectivity index (χ2n) is 8.65. The smallest absolute Gasteiger partial charge is 0.256 e. The third-order valence-corrected chi connectivity index (χ3v) is 6.31. The standard InChI is InChI=1S/C25H28N6O/c1-29-8-10-31(11-9-29)23-5-3-4-19(13-23)25(32)28-24-14-21-12-18(6-7-20(21)15-26-24)22-16-27-30(2)17-22/h3-5,7,12-18H,6,8-11H2,1-2H3,(H,28,32). The number of carbonyl (C=O) groups is 1. The normalized spacial score (nSPS) is 18.4. The number of anilines is 2. The van der Waals surface area contributed by atoms with Gasteiger partial charge in [-0.15, -0.1) is 0 Å².